The van der Waals surface area contributed by atoms with Crippen LogP contribution in [0.15, 0.2) is 6.07 Å². The lowest BCUT2D eigenvalue weighted by atomic mass is 9.91. The largest absolute Gasteiger partial charge is 0.431 e. The average molecular weight is 233 g/mol. The van der Waals surface area contributed by atoms with Crippen LogP contribution in [0.1, 0.15) is 29.7 Å². The molecule has 0 atom stereocenters. The molecule has 0 fully saturated rings. The number of hydrogen-bond donors (Lipinski definition) is 1. The van der Waals surface area contributed by atoms with Crippen LogP contribution < -0.4 is 0 Å². The number of H-pyrrole nitrogens is 1. The minimum absolute atomic E-state index is 0.169. The molecule has 0 radical (unpaired) electrons. The van der Waals surface area contributed by atoms with Gasteiger partial charge in [-0.15, -0.1) is 0 Å². The van der Waals surface area contributed by atoms with Gasteiger partial charge in [0.05, 0.1) is 0 Å². The van der Waals surface area contributed by atoms with E-state index < -0.39 is 11.9 Å². The molecule has 1 heterocycles. The molecule has 1 nitrogen and oxygen atoms in total. The van der Waals surface area contributed by atoms with Gasteiger partial charge in [0.25, 0.3) is 0 Å². The van der Waals surface area contributed by atoms with Crippen molar-refractivity contribution in [2.45, 2.75) is 31.9 Å². The second kappa shape index (κ2) is 3.63. The molecule has 0 spiro atoms. The quantitative estimate of drug-likeness (QED) is 0.676. The van der Waals surface area contributed by atoms with Crippen molar-refractivity contribution in [1.29, 1.82) is 0 Å². The monoisotopic (exact) mass is 233 g/mol. The predicted molar refractivity (Wildman–Crippen MR) is 53.3 cm³/mol. The first-order chi connectivity index (χ1) is 6.98. The van der Waals surface area contributed by atoms with E-state index in [9.17, 15) is 13.2 Å². The number of rotatable bonds is 0. The summed E-state index contributed by atoms with van der Waals surface area (Å²) in [6, 6.07) is 1.65. The van der Waals surface area contributed by atoms with Gasteiger partial charge in [-0.05, 0) is 42.9 Å². The van der Waals surface area contributed by atoms with E-state index in [0.29, 0.717) is 18.4 Å². The molecule has 82 valence electrons. The Hall–Kier alpha value is -0.840. The van der Waals surface area contributed by atoms with E-state index in [2.05, 4.69) is 4.98 Å². The second-order valence-corrected chi connectivity index (χ2v) is 4.16. The summed E-state index contributed by atoms with van der Waals surface area (Å²) in [5.74, 6) is 0. The molecule has 15 heavy (non-hydrogen) atoms. The van der Waals surface area contributed by atoms with Crippen molar-refractivity contribution >= 4 is 12.2 Å². The third-order valence-corrected chi connectivity index (χ3v) is 2.87. The molecule has 2 rings (SSSR count). The first kappa shape index (κ1) is 10.7. The van der Waals surface area contributed by atoms with Crippen molar-refractivity contribution in [1.82, 2.24) is 4.98 Å². The summed E-state index contributed by atoms with van der Waals surface area (Å²) in [5.41, 5.74) is 0.518. The van der Waals surface area contributed by atoms with Crippen LogP contribution in [0.2, 0.25) is 0 Å². The van der Waals surface area contributed by atoms with Gasteiger partial charge in [-0.1, -0.05) is 12.2 Å². The summed E-state index contributed by atoms with van der Waals surface area (Å²) in [5, 5.41) is 0. The highest BCUT2D eigenvalue weighted by molar-refractivity contribution is 7.71. The van der Waals surface area contributed by atoms with Crippen molar-refractivity contribution in [3.63, 3.8) is 0 Å². The van der Waals surface area contributed by atoms with Crippen molar-refractivity contribution < 1.29 is 13.2 Å². The molecule has 0 saturated heterocycles. The Labute approximate surface area is 90.3 Å². The lowest BCUT2D eigenvalue weighted by Crippen LogP contribution is -2.16. The van der Waals surface area contributed by atoms with Gasteiger partial charge in [-0.25, -0.2) is 0 Å². The van der Waals surface area contributed by atoms with Gasteiger partial charge in [0, 0.05) is 0 Å². The third-order valence-electron chi connectivity index (χ3n) is 2.65. The number of hydrogen-bond acceptors (Lipinski definition) is 1. The van der Waals surface area contributed by atoms with Crippen molar-refractivity contribution in [3.8, 4) is 0 Å². The number of pyridine rings is 1. The Balaban J connectivity index is 2.63. The molecular formula is C10H10F3NS. The van der Waals surface area contributed by atoms with Crippen molar-refractivity contribution in [2.24, 2.45) is 0 Å². The molecule has 1 aromatic heterocycles. The van der Waals surface area contributed by atoms with Crippen LogP contribution in [0.25, 0.3) is 0 Å². The molecule has 0 aliphatic heterocycles. The van der Waals surface area contributed by atoms with Gasteiger partial charge in [0.2, 0.25) is 0 Å². The summed E-state index contributed by atoms with van der Waals surface area (Å²) in [6.45, 7) is 0. The number of aryl methyl sites for hydroxylation is 1. The van der Waals surface area contributed by atoms with E-state index in [0.717, 1.165) is 18.4 Å². The summed E-state index contributed by atoms with van der Waals surface area (Å²) < 4.78 is 38.2. The Morgan fingerprint density at radius 2 is 1.87 bits per heavy atom. The molecule has 5 heteroatoms. The van der Waals surface area contributed by atoms with Gasteiger partial charge in [-0.2, -0.15) is 13.2 Å². The van der Waals surface area contributed by atoms with Crippen molar-refractivity contribution in [2.75, 3.05) is 0 Å². The van der Waals surface area contributed by atoms with E-state index in [1.165, 1.54) is 0 Å². The van der Waals surface area contributed by atoms with E-state index in [1.54, 1.807) is 6.07 Å². The maximum Gasteiger partial charge on any atom is 0.431 e. The molecule has 1 aliphatic rings. The predicted octanol–water partition coefficient (Wildman–Crippen LogP) is 3.64. The summed E-state index contributed by atoms with van der Waals surface area (Å²) in [7, 11) is 0. The highest BCUT2D eigenvalue weighted by Gasteiger charge is 2.35. The van der Waals surface area contributed by atoms with Crippen molar-refractivity contribution in [3.05, 3.63) is 27.5 Å². The first-order valence-corrected chi connectivity index (χ1v) is 5.21. The fourth-order valence-electron chi connectivity index (χ4n) is 2.01. The third kappa shape index (κ3) is 2.07. The van der Waals surface area contributed by atoms with Crippen LogP contribution in [0.5, 0.6) is 0 Å². The van der Waals surface area contributed by atoms with Crippen LogP contribution >= 0.6 is 12.2 Å². The SMILES string of the molecule is FC(F)(F)c1[nH]c(=S)cc2c1CCCC2. The molecule has 1 aromatic rings. The Kier molecular flexibility index (Phi) is 2.58. The Morgan fingerprint density at radius 1 is 1.20 bits per heavy atom. The zero-order valence-electron chi connectivity index (χ0n) is 7.95. The average Bonchev–Trinajstić information content (AvgIpc) is 2.15. The lowest BCUT2D eigenvalue weighted by molar-refractivity contribution is -0.142. The molecule has 0 amide bonds. The lowest BCUT2D eigenvalue weighted by Gasteiger charge is -2.20. The smallest absolute Gasteiger partial charge is 0.342 e. The second-order valence-electron chi connectivity index (χ2n) is 3.72. The fourth-order valence-corrected chi connectivity index (χ4v) is 2.25. The normalized spacial score (nSPS) is 16.2. The summed E-state index contributed by atoms with van der Waals surface area (Å²) in [6.07, 6.45) is -1.35. The highest BCUT2D eigenvalue weighted by atomic mass is 32.1. The summed E-state index contributed by atoms with van der Waals surface area (Å²) in [4.78, 5) is 2.27. The number of fused-ring (bicyclic) bond motifs is 1. The zero-order chi connectivity index (χ0) is 11.1. The summed E-state index contributed by atoms with van der Waals surface area (Å²) >= 11 is 4.80. The van der Waals surface area contributed by atoms with Gasteiger partial charge in [0.1, 0.15) is 10.3 Å². The number of nitrogens with one attached hydrogen (secondary N) is 1. The number of halogens is 3. The van der Waals surface area contributed by atoms with E-state index >= 15 is 0 Å². The fraction of sp³-hybridized carbons (Fsp3) is 0.500. The number of aromatic nitrogens is 1. The van der Waals surface area contributed by atoms with Gasteiger partial charge in [-0.3, -0.25) is 0 Å². The van der Waals surface area contributed by atoms with Gasteiger partial charge in [0.15, 0.2) is 0 Å². The van der Waals surface area contributed by atoms with E-state index in [1.807, 2.05) is 0 Å². The van der Waals surface area contributed by atoms with Crippen LogP contribution in [0.3, 0.4) is 0 Å². The van der Waals surface area contributed by atoms with E-state index in [4.69, 9.17) is 12.2 Å². The molecular weight excluding hydrogens is 223 g/mol. The molecule has 0 aromatic carbocycles. The number of alkyl halides is 3. The zero-order valence-corrected chi connectivity index (χ0v) is 8.76. The number of aromatic amines is 1. The molecule has 1 N–H and O–H groups in total. The highest BCUT2D eigenvalue weighted by Crippen LogP contribution is 2.34. The van der Waals surface area contributed by atoms with E-state index in [-0.39, 0.29) is 4.64 Å². The molecule has 0 saturated carbocycles. The first-order valence-electron chi connectivity index (χ1n) is 4.81. The van der Waals surface area contributed by atoms with Crippen LogP contribution in [0.4, 0.5) is 13.2 Å². The van der Waals surface area contributed by atoms with Gasteiger partial charge < -0.3 is 4.98 Å². The van der Waals surface area contributed by atoms with Crippen LogP contribution in [-0.4, -0.2) is 4.98 Å². The minimum atomic E-state index is -4.32. The Morgan fingerprint density at radius 3 is 2.53 bits per heavy atom. The topological polar surface area (TPSA) is 15.8 Å². The minimum Gasteiger partial charge on any atom is -0.342 e. The maximum atomic E-state index is 12.7. The maximum absolute atomic E-state index is 12.7. The van der Waals surface area contributed by atoms with Gasteiger partial charge >= 0.3 is 6.18 Å². The molecule has 0 bridgehead atoms. The molecule has 1 aliphatic carbocycles. The Bertz CT molecular complexity index is 433. The standard InChI is InChI=1S/C10H10F3NS/c11-10(12,13)9-7-4-2-1-3-6(7)5-8(15)14-9/h5H,1-4H2,(H,14,15). The van der Waals surface area contributed by atoms with Crippen LogP contribution in [0, 0.1) is 4.64 Å². The molecule has 0 unspecified atom stereocenters. The van der Waals surface area contributed by atoms with Crippen LogP contribution in [-0.2, 0) is 19.0 Å².